The topological polar surface area (TPSA) is 132 Å². The molecule has 4 N–H and O–H groups in total. The number of aromatic nitrogens is 5. The fourth-order valence-corrected chi connectivity index (χ4v) is 4.19. The van der Waals surface area contributed by atoms with E-state index in [-0.39, 0.29) is 11.3 Å². The number of anilines is 2. The molecule has 4 aromatic rings. The molecule has 0 saturated carbocycles. The zero-order valence-electron chi connectivity index (χ0n) is 19.0. The van der Waals surface area contributed by atoms with Crippen LogP contribution < -0.4 is 5.32 Å². The monoisotopic (exact) mass is 501 g/mol. The van der Waals surface area contributed by atoms with Gasteiger partial charge in [0.2, 0.25) is 5.95 Å². The molecule has 188 valence electrons. The lowest BCUT2D eigenvalue weighted by Gasteiger charge is -2.13. The van der Waals surface area contributed by atoms with Crippen LogP contribution in [0.5, 0.6) is 0 Å². The Kier molecular flexibility index (Phi) is 5.98. The molecule has 0 radical (unpaired) electrons. The first kappa shape index (κ1) is 23.9. The van der Waals surface area contributed by atoms with Gasteiger partial charge in [0.25, 0.3) is 5.78 Å². The average molecular weight is 501 g/mol. The molecule has 1 aliphatic heterocycles. The number of nitrogens with one attached hydrogen (secondary N) is 2. The van der Waals surface area contributed by atoms with Gasteiger partial charge < -0.3 is 20.5 Å². The van der Waals surface area contributed by atoms with Gasteiger partial charge in [0.1, 0.15) is 0 Å². The summed E-state index contributed by atoms with van der Waals surface area (Å²) in [6, 6.07) is 6.27. The smallest absolute Gasteiger partial charge is 0.389 e. The number of H-pyrrole nitrogens is 1. The summed E-state index contributed by atoms with van der Waals surface area (Å²) in [7, 11) is 0. The van der Waals surface area contributed by atoms with E-state index in [2.05, 4.69) is 25.4 Å². The summed E-state index contributed by atoms with van der Waals surface area (Å²) >= 11 is 0. The third-order valence-corrected chi connectivity index (χ3v) is 6.04. The summed E-state index contributed by atoms with van der Waals surface area (Å²) in [6.45, 7) is 3.09. The van der Waals surface area contributed by atoms with Gasteiger partial charge in [0.05, 0.1) is 23.5 Å². The van der Waals surface area contributed by atoms with E-state index >= 15 is 0 Å². The van der Waals surface area contributed by atoms with Crippen LogP contribution >= 0.6 is 0 Å². The van der Waals surface area contributed by atoms with E-state index in [0.717, 1.165) is 17.5 Å². The molecular formula is C23H22F3N7O3. The number of likely N-dealkylation sites (tertiary alicyclic amines) is 1. The predicted octanol–water partition coefficient (Wildman–Crippen LogP) is 2.48. The van der Waals surface area contributed by atoms with Crippen molar-refractivity contribution in [2.75, 3.05) is 18.4 Å². The zero-order valence-corrected chi connectivity index (χ0v) is 19.0. The van der Waals surface area contributed by atoms with Gasteiger partial charge in [0, 0.05) is 66.4 Å². The minimum Gasteiger partial charge on any atom is -0.389 e. The van der Waals surface area contributed by atoms with E-state index in [1.165, 1.54) is 12.3 Å². The Morgan fingerprint density at radius 3 is 2.69 bits per heavy atom. The number of aliphatic hydroxyl groups is 2. The number of Topliss-reactive ketones (excluding diaryl/α,β-unsaturated/α-hetero) is 1. The Morgan fingerprint density at radius 2 is 1.97 bits per heavy atom. The van der Waals surface area contributed by atoms with Crippen molar-refractivity contribution in [3.63, 3.8) is 0 Å². The second-order valence-electron chi connectivity index (χ2n) is 8.67. The van der Waals surface area contributed by atoms with Crippen molar-refractivity contribution in [1.29, 1.82) is 0 Å². The molecule has 36 heavy (non-hydrogen) atoms. The maximum Gasteiger partial charge on any atom is 0.454 e. The Morgan fingerprint density at radius 1 is 1.22 bits per heavy atom. The molecule has 5 rings (SSSR count). The second-order valence-corrected chi connectivity index (χ2v) is 8.67. The molecule has 1 fully saturated rings. The number of carbonyl (C=O) groups is 1. The van der Waals surface area contributed by atoms with Gasteiger partial charge >= 0.3 is 6.18 Å². The number of β-amino-alcohol motifs (C(OH)–C–C–N with tert-alkyl or cyclic N) is 2. The van der Waals surface area contributed by atoms with Crippen LogP contribution in [0, 0.1) is 6.92 Å². The normalized spacial score (nSPS) is 18.7. The minimum absolute atomic E-state index is 0.128. The molecule has 2 atom stereocenters. The lowest BCUT2D eigenvalue weighted by molar-refractivity contribution is -0.0884. The Bertz CT molecular complexity index is 1420. The Hall–Kier alpha value is -3.81. The zero-order chi connectivity index (χ0) is 25.6. The molecule has 1 saturated heterocycles. The van der Waals surface area contributed by atoms with E-state index in [4.69, 9.17) is 0 Å². The van der Waals surface area contributed by atoms with E-state index in [9.17, 15) is 28.2 Å². The van der Waals surface area contributed by atoms with Gasteiger partial charge in [-0.1, -0.05) is 0 Å². The molecule has 4 heterocycles. The molecule has 10 nitrogen and oxygen atoms in total. The second kappa shape index (κ2) is 9.00. The van der Waals surface area contributed by atoms with Crippen LogP contribution in [0.4, 0.5) is 24.8 Å². The number of fused-ring (bicyclic) bond motifs is 1. The molecule has 0 bridgehead atoms. The summed E-state index contributed by atoms with van der Waals surface area (Å²) in [4.78, 5) is 25.0. The van der Waals surface area contributed by atoms with E-state index in [1.807, 2.05) is 11.8 Å². The van der Waals surface area contributed by atoms with Crippen molar-refractivity contribution in [3.05, 3.63) is 59.7 Å². The van der Waals surface area contributed by atoms with Crippen molar-refractivity contribution < 1.29 is 28.2 Å². The van der Waals surface area contributed by atoms with Crippen LogP contribution in [0.3, 0.4) is 0 Å². The van der Waals surface area contributed by atoms with Crippen molar-refractivity contribution in [1.82, 2.24) is 29.6 Å². The first-order valence-corrected chi connectivity index (χ1v) is 11.1. The number of rotatable bonds is 6. The quantitative estimate of drug-likeness (QED) is 0.296. The lowest BCUT2D eigenvalue weighted by Crippen LogP contribution is -2.22. The number of hydrogen-bond acceptors (Lipinski definition) is 8. The SMILES string of the molecule is Cc1nn(-c2ccnc(Nc3ccc4[nH]cc(C(=O)C(F)(F)F)c4c3)n2)cc1CN1C[C@@H](O)[C@H](O)C1. The highest BCUT2D eigenvalue weighted by atomic mass is 19.4. The molecule has 0 spiro atoms. The fraction of sp³-hybridized carbons (Fsp3) is 0.304. The van der Waals surface area contributed by atoms with Crippen LogP contribution in [0.2, 0.25) is 0 Å². The number of alkyl halides is 3. The minimum atomic E-state index is -4.98. The maximum atomic E-state index is 12.9. The number of halogens is 3. The van der Waals surface area contributed by atoms with E-state index in [1.54, 1.807) is 29.1 Å². The molecule has 0 amide bonds. The Balaban J connectivity index is 1.36. The third-order valence-electron chi connectivity index (χ3n) is 6.04. The number of nitrogens with zero attached hydrogens (tertiary/aromatic N) is 5. The van der Waals surface area contributed by atoms with Gasteiger partial charge in [-0.15, -0.1) is 0 Å². The molecule has 13 heteroatoms. The summed E-state index contributed by atoms with van der Waals surface area (Å²) in [5.74, 6) is -1.28. The summed E-state index contributed by atoms with van der Waals surface area (Å²) in [6.07, 6.45) is -2.16. The number of aromatic amines is 1. The van der Waals surface area contributed by atoms with Crippen LogP contribution in [-0.2, 0) is 6.54 Å². The number of ketones is 1. The molecular weight excluding hydrogens is 479 g/mol. The van der Waals surface area contributed by atoms with Crippen molar-refractivity contribution in [2.45, 2.75) is 31.9 Å². The molecule has 1 aromatic carbocycles. The predicted molar refractivity (Wildman–Crippen MR) is 123 cm³/mol. The maximum absolute atomic E-state index is 12.9. The fourth-order valence-electron chi connectivity index (χ4n) is 4.19. The van der Waals surface area contributed by atoms with Gasteiger partial charge in [-0.3, -0.25) is 9.69 Å². The number of carbonyl (C=O) groups excluding carboxylic acids is 1. The first-order chi connectivity index (χ1) is 17.1. The highest BCUT2D eigenvalue weighted by Crippen LogP contribution is 2.29. The standard InChI is InChI=1S/C23H22F3N7O3/c1-12-13(8-32-10-18(34)19(35)11-32)9-33(31-12)20-4-5-27-22(30-20)29-14-2-3-17-15(6-14)16(7-28-17)21(36)23(24,25)26/h2-7,9,18-19,28,34-35H,8,10-11H2,1H3,(H,27,29,30)/t18-,19-/m1/s1. The number of aliphatic hydroxyl groups excluding tert-OH is 2. The molecule has 0 aliphatic carbocycles. The summed E-state index contributed by atoms with van der Waals surface area (Å²) in [5.41, 5.74) is 2.00. The highest BCUT2D eigenvalue weighted by molar-refractivity contribution is 6.11. The van der Waals surface area contributed by atoms with Crippen LogP contribution in [0.1, 0.15) is 21.6 Å². The molecule has 3 aromatic heterocycles. The molecule has 1 aliphatic rings. The third kappa shape index (κ3) is 4.67. The van der Waals surface area contributed by atoms with Crippen molar-refractivity contribution in [3.8, 4) is 5.82 Å². The van der Waals surface area contributed by atoms with Crippen LogP contribution in [0.15, 0.2) is 42.9 Å². The summed E-state index contributed by atoms with van der Waals surface area (Å²) < 4.78 is 40.4. The van der Waals surface area contributed by atoms with E-state index < -0.39 is 29.7 Å². The molecule has 0 unspecified atom stereocenters. The number of benzene rings is 1. The van der Waals surface area contributed by atoms with Gasteiger partial charge in [-0.2, -0.15) is 23.3 Å². The average Bonchev–Trinajstić information content (AvgIpc) is 3.50. The Labute approximate surface area is 202 Å². The van der Waals surface area contributed by atoms with Crippen LogP contribution in [-0.4, -0.2) is 77.1 Å². The summed E-state index contributed by atoms with van der Waals surface area (Å²) in [5, 5.41) is 27.1. The van der Waals surface area contributed by atoms with Crippen LogP contribution in [0.25, 0.3) is 16.7 Å². The van der Waals surface area contributed by atoms with Crippen molar-refractivity contribution >= 4 is 28.3 Å². The van der Waals surface area contributed by atoms with Gasteiger partial charge in [-0.05, 0) is 25.1 Å². The van der Waals surface area contributed by atoms with E-state index in [0.29, 0.717) is 36.7 Å². The van der Waals surface area contributed by atoms with Crippen molar-refractivity contribution in [2.24, 2.45) is 0 Å². The first-order valence-electron chi connectivity index (χ1n) is 11.1. The van der Waals surface area contributed by atoms with Gasteiger partial charge in [0.15, 0.2) is 5.82 Å². The number of aryl methyl sites for hydroxylation is 1. The largest absolute Gasteiger partial charge is 0.454 e. The van der Waals surface area contributed by atoms with Gasteiger partial charge in [-0.25, -0.2) is 9.67 Å². The number of hydrogen-bond donors (Lipinski definition) is 4. The highest BCUT2D eigenvalue weighted by Gasteiger charge is 2.40. The lowest BCUT2D eigenvalue weighted by atomic mass is 10.1.